The van der Waals surface area contributed by atoms with Crippen molar-refractivity contribution < 1.29 is 37.0 Å². The Morgan fingerprint density at radius 1 is 1.09 bits per heavy atom. The molecular formula is C21H20F2N4O6S. The van der Waals surface area contributed by atoms with Crippen molar-refractivity contribution in [2.75, 3.05) is 7.05 Å². The Balaban J connectivity index is 0.000000440. The molecule has 0 aliphatic carbocycles. The summed E-state index contributed by atoms with van der Waals surface area (Å²) in [5.74, 6) is -4.31. The molecule has 0 amide bonds. The second-order valence-electron chi connectivity index (χ2n) is 6.63. The van der Waals surface area contributed by atoms with E-state index < -0.39 is 39.4 Å². The molecule has 3 heterocycles. The maximum atomic E-state index is 15.0. The SMILES string of the molecule is CNCc1cn(S(=O)(=O)c2ncccc2C)c(-c2cccnc2F)c1F.O=C(O)C=CC(=O)O. The van der Waals surface area contributed by atoms with Crippen LogP contribution < -0.4 is 5.32 Å². The van der Waals surface area contributed by atoms with Crippen LogP contribution in [-0.2, 0) is 26.2 Å². The molecule has 0 radical (unpaired) electrons. The van der Waals surface area contributed by atoms with Crippen molar-refractivity contribution in [2.24, 2.45) is 0 Å². The minimum absolute atomic E-state index is 0.0738. The average molecular weight is 494 g/mol. The van der Waals surface area contributed by atoms with Crippen molar-refractivity contribution in [3.8, 4) is 11.3 Å². The fourth-order valence-electron chi connectivity index (χ4n) is 2.79. The zero-order chi connectivity index (χ0) is 25.5. The molecule has 13 heteroatoms. The number of aliphatic carboxylic acids is 2. The minimum Gasteiger partial charge on any atom is -0.478 e. The van der Waals surface area contributed by atoms with E-state index in [-0.39, 0.29) is 22.7 Å². The highest BCUT2D eigenvalue weighted by molar-refractivity contribution is 7.90. The predicted octanol–water partition coefficient (Wildman–Crippen LogP) is 2.20. The molecule has 3 aromatic heterocycles. The highest BCUT2D eigenvalue weighted by atomic mass is 32.2. The van der Waals surface area contributed by atoms with Crippen molar-refractivity contribution in [3.63, 3.8) is 0 Å². The van der Waals surface area contributed by atoms with Gasteiger partial charge in [0.05, 0.1) is 5.56 Å². The number of carbonyl (C=O) groups is 2. The van der Waals surface area contributed by atoms with E-state index in [1.165, 1.54) is 24.5 Å². The molecule has 10 nitrogen and oxygen atoms in total. The van der Waals surface area contributed by atoms with E-state index in [9.17, 15) is 26.8 Å². The van der Waals surface area contributed by atoms with E-state index in [1.54, 1.807) is 26.1 Å². The van der Waals surface area contributed by atoms with Gasteiger partial charge in [-0.2, -0.15) is 12.8 Å². The van der Waals surface area contributed by atoms with E-state index >= 15 is 0 Å². The summed E-state index contributed by atoms with van der Waals surface area (Å²) in [4.78, 5) is 26.5. The topological polar surface area (TPSA) is 151 Å². The fourth-order valence-corrected chi connectivity index (χ4v) is 4.33. The highest BCUT2D eigenvalue weighted by Gasteiger charge is 2.29. The monoisotopic (exact) mass is 494 g/mol. The number of rotatable bonds is 7. The smallest absolute Gasteiger partial charge is 0.328 e. The van der Waals surface area contributed by atoms with E-state index in [2.05, 4.69) is 15.3 Å². The summed E-state index contributed by atoms with van der Waals surface area (Å²) in [5, 5.41) is 18.2. The Hall–Kier alpha value is -3.97. The van der Waals surface area contributed by atoms with E-state index in [4.69, 9.17) is 10.2 Å². The Labute approximate surface area is 193 Å². The molecular weight excluding hydrogens is 474 g/mol. The Morgan fingerprint density at radius 3 is 2.21 bits per heavy atom. The normalized spacial score (nSPS) is 11.2. The lowest BCUT2D eigenvalue weighted by Crippen LogP contribution is -2.16. The number of nitrogens with one attached hydrogen (secondary N) is 1. The van der Waals surface area contributed by atoms with Crippen LogP contribution in [0.15, 0.2) is 60.0 Å². The first-order chi connectivity index (χ1) is 16.0. The van der Waals surface area contributed by atoms with Crippen molar-refractivity contribution in [3.05, 3.63) is 77.9 Å². The number of hydrogen-bond donors (Lipinski definition) is 3. The van der Waals surface area contributed by atoms with Crippen molar-refractivity contribution in [1.82, 2.24) is 19.3 Å². The summed E-state index contributed by atoms with van der Waals surface area (Å²) < 4.78 is 56.1. The quantitative estimate of drug-likeness (QED) is 0.332. The number of hydrogen-bond acceptors (Lipinski definition) is 7. The Kier molecular flexibility index (Phi) is 8.70. The third kappa shape index (κ3) is 6.08. The highest BCUT2D eigenvalue weighted by Crippen LogP contribution is 2.32. The number of halogens is 2. The largest absolute Gasteiger partial charge is 0.478 e. The zero-order valence-corrected chi connectivity index (χ0v) is 18.8. The van der Waals surface area contributed by atoms with Gasteiger partial charge in [-0.25, -0.2) is 27.9 Å². The third-order valence-corrected chi connectivity index (χ3v) is 5.92. The molecule has 34 heavy (non-hydrogen) atoms. The lowest BCUT2D eigenvalue weighted by Gasteiger charge is -2.11. The van der Waals surface area contributed by atoms with Gasteiger partial charge >= 0.3 is 11.9 Å². The summed E-state index contributed by atoms with van der Waals surface area (Å²) in [6.07, 6.45) is 4.79. The summed E-state index contributed by atoms with van der Waals surface area (Å²) in [6.45, 7) is 1.66. The number of pyridine rings is 2. The van der Waals surface area contributed by atoms with Gasteiger partial charge < -0.3 is 15.5 Å². The van der Waals surface area contributed by atoms with Gasteiger partial charge in [-0.3, -0.25) is 0 Å². The molecule has 180 valence electrons. The maximum Gasteiger partial charge on any atom is 0.328 e. The number of carboxylic acid groups (broad SMARTS) is 2. The van der Waals surface area contributed by atoms with Crippen LogP contribution in [0, 0.1) is 18.7 Å². The molecule has 0 aliphatic rings. The second-order valence-corrected chi connectivity index (χ2v) is 8.36. The molecule has 0 atom stereocenters. The Bertz CT molecular complexity index is 1320. The number of aryl methyl sites for hydroxylation is 1. The van der Waals surface area contributed by atoms with Crippen LogP contribution in [0.3, 0.4) is 0 Å². The summed E-state index contributed by atoms with van der Waals surface area (Å²) in [6, 6.07) is 5.87. The van der Waals surface area contributed by atoms with Crippen LogP contribution in [0.4, 0.5) is 8.78 Å². The fraction of sp³-hybridized carbons (Fsp3) is 0.143. The van der Waals surface area contributed by atoms with Crippen molar-refractivity contribution in [1.29, 1.82) is 0 Å². The first kappa shape index (κ1) is 26.3. The van der Waals surface area contributed by atoms with Crippen LogP contribution in [0.5, 0.6) is 0 Å². The lowest BCUT2D eigenvalue weighted by atomic mass is 10.2. The van der Waals surface area contributed by atoms with E-state index in [0.29, 0.717) is 17.7 Å². The Morgan fingerprint density at radius 2 is 1.68 bits per heavy atom. The first-order valence-electron chi connectivity index (χ1n) is 9.47. The van der Waals surface area contributed by atoms with Gasteiger partial charge in [0.15, 0.2) is 10.8 Å². The molecule has 0 bridgehead atoms. The molecule has 0 aliphatic heterocycles. The third-order valence-electron chi connectivity index (χ3n) is 4.20. The van der Waals surface area contributed by atoms with E-state index in [0.717, 1.165) is 10.2 Å². The molecule has 0 fully saturated rings. The number of nitrogens with zero attached hydrogens (tertiary/aromatic N) is 3. The molecule has 0 unspecified atom stereocenters. The van der Waals surface area contributed by atoms with Gasteiger partial charge in [0.2, 0.25) is 5.95 Å². The van der Waals surface area contributed by atoms with Gasteiger partial charge in [-0.05, 0) is 37.7 Å². The van der Waals surface area contributed by atoms with Gasteiger partial charge in [0.25, 0.3) is 10.0 Å². The van der Waals surface area contributed by atoms with Crippen molar-refractivity contribution >= 4 is 22.0 Å². The number of carboxylic acids is 2. The van der Waals surface area contributed by atoms with Gasteiger partial charge in [-0.15, -0.1) is 0 Å². The van der Waals surface area contributed by atoms with Crippen LogP contribution in [0.1, 0.15) is 11.1 Å². The summed E-state index contributed by atoms with van der Waals surface area (Å²) in [5.41, 5.74) is -0.173. The molecule has 0 saturated carbocycles. The van der Waals surface area contributed by atoms with Gasteiger partial charge in [0.1, 0.15) is 5.69 Å². The predicted molar refractivity (Wildman–Crippen MR) is 116 cm³/mol. The molecule has 0 saturated heterocycles. The number of aromatic nitrogens is 3. The van der Waals surface area contributed by atoms with Crippen LogP contribution in [0.25, 0.3) is 11.3 Å². The average Bonchev–Trinajstić information content (AvgIpc) is 3.10. The second kappa shape index (κ2) is 11.2. The standard InChI is InChI=1S/C17H16F2N4O2S.C4H4O4/c1-11-5-3-8-22-17(11)26(24,25)23-10-12(9-20-2)14(18)15(23)13-6-4-7-21-16(13)19;5-3(6)1-2-4(7)8/h3-8,10,20H,9H2,1-2H3;1-2H,(H,5,6)(H,7,8). The zero-order valence-electron chi connectivity index (χ0n) is 17.9. The van der Waals surface area contributed by atoms with Crippen LogP contribution in [0.2, 0.25) is 0 Å². The van der Waals surface area contributed by atoms with Crippen LogP contribution >= 0.6 is 0 Å². The molecule has 3 aromatic rings. The van der Waals surface area contributed by atoms with Gasteiger partial charge in [-0.1, -0.05) is 6.07 Å². The molecule has 3 rings (SSSR count). The molecule has 0 spiro atoms. The first-order valence-corrected chi connectivity index (χ1v) is 10.9. The van der Waals surface area contributed by atoms with E-state index in [1.807, 2.05) is 0 Å². The minimum atomic E-state index is -4.24. The summed E-state index contributed by atoms with van der Waals surface area (Å²) in [7, 11) is -2.65. The summed E-state index contributed by atoms with van der Waals surface area (Å²) >= 11 is 0. The van der Waals surface area contributed by atoms with Gasteiger partial charge in [0, 0.05) is 42.9 Å². The lowest BCUT2D eigenvalue weighted by molar-refractivity contribution is -0.134. The van der Waals surface area contributed by atoms with Crippen LogP contribution in [-0.4, -0.2) is 51.6 Å². The maximum absolute atomic E-state index is 15.0. The molecule has 3 N–H and O–H groups in total. The molecule has 0 aromatic carbocycles. The van der Waals surface area contributed by atoms with Crippen molar-refractivity contribution in [2.45, 2.75) is 18.5 Å².